The lowest BCUT2D eigenvalue weighted by molar-refractivity contribution is 0.415. The Morgan fingerprint density at radius 2 is 1.61 bits per heavy atom. The average Bonchev–Trinajstić information content (AvgIpc) is 2.74. The number of hydrogen-bond acceptors (Lipinski definition) is 3. The lowest BCUT2D eigenvalue weighted by Gasteiger charge is -2.06. The predicted octanol–water partition coefficient (Wildman–Crippen LogP) is 5.33. The van der Waals surface area contributed by atoms with Crippen molar-refractivity contribution in [3.63, 3.8) is 0 Å². The third kappa shape index (κ3) is 3.75. The van der Waals surface area contributed by atoms with Crippen molar-refractivity contribution >= 4 is 38.9 Å². The SMILES string of the molecule is COc1ccc(/C=C/c2ccc3c(=O)n(-c4ccc(Br)cc4)ncc3c2)cc1. The first kappa shape index (κ1) is 18.2. The van der Waals surface area contributed by atoms with Gasteiger partial charge in [0.25, 0.3) is 5.56 Å². The molecule has 3 aromatic carbocycles. The minimum Gasteiger partial charge on any atom is -0.497 e. The van der Waals surface area contributed by atoms with E-state index >= 15 is 0 Å². The van der Waals surface area contributed by atoms with Gasteiger partial charge in [0.05, 0.1) is 24.4 Å². The molecule has 4 aromatic rings. The summed E-state index contributed by atoms with van der Waals surface area (Å²) in [7, 11) is 1.65. The molecule has 0 saturated carbocycles. The summed E-state index contributed by atoms with van der Waals surface area (Å²) in [5.74, 6) is 0.830. The first-order chi connectivity index (χ1) is 13.6. The molecule has 5 heteroatoms. The van der Waals surface area contributed by atoms with Gasteiger partial charge in [-0.25, -0.2) is 0 Å². The zero-order chi connectivity index (χ0) is 19.5. The number of methoxy groups -OCH3 is 1. The highest BCUT2D eigenvalue weighted by molar-refractivity contribution is 9.10. The van der Waals surface area contributed by atoms with Crippen molar-refractivity contribution in [2.45, 2.75) is 0 Å². The van der Waals surface area contributed by atoms with Crippen LogP contribution < -0.4 is 10.3 Å². The van der Waals surface area contributed by atoms with E-state index in [1.54, 1.807) is 13.3 Å². The van der Waals surface area contributed by atoms with E-state index in [-0.39, 0.29) is 5.56 Å². The zero-order valence-corrected chi connectivity index (χ0v) is 16.8. The van der Waals surface area contributed by atoms with Crippen LogP contribution in [0.5, 0.6) is 5.75 Å². The largest absolute Gasteiger partial charge is 0.497 e. The fraction of sp³-hybridized carbons (Fsp3) is 0.0435. The van der Waals surface area contributed by atoms with E-state index in [2.05, 4.69) is 21.0 Å². The second-order valence-electron chi connectivity index (χ2n) is 6.29. The number of fused-ring (bicyclic) bond motifs is 1. The molecule has 0 N–H and O–H groups in total. The van der Waals surface area contributed by atoms with Crippen LogP contribution in [0.3, 0.4) is 0 Å². The smallest absolute Gasteiger partial charge is 0.279 e. The van der Waals surface area contributed by atoms with E-state index < -0.39 is 0 Å². The topological polar surface area (TPSA) is 44.1 Å². The van der Waals surface area contributed by atoms with Crippen molar-refractivity contribution in [2.75, 3.05) is 7.11 Å². The van der Waals surface area contributed by atoms with Gasteiger partial charge in [0.1, 0.15) is 5.75 Å². The highest BCUT2D eigenvalue weighted by atomic mass is 79.9. The molecule has 1 heterocycles. The first-order valence-electron chi connectivity index (χ1n) is 8.74. The summed E-state index contributed by atoms with van der Waals surface area (Å²) in [6.45, 7) is 0. The zero-order valence-electron chi connectivity index (χ0n) is 15.2. The number of benzene rings is 3. The van der Waals surface area contributed by atoms with Gasteiger partial charge in [-0.1, -0.05) is 46.3 Å². The van der Waals surface area contributed by atoms with Gasteiger partial charge in [-0.3, -0.25) is 4.79 Å². The van der Waals surface area contributed by atoms with E-state index in [4.69, 9.17) is 4.74 Å². The van der Waals surface area contributed by atoms with Crippen molar-refractivity contribution < 1.29 is 4.74 Å². The van der Waals surface area contributed by atoms with Crippen molar-refractivity contribution in [1.29, 1.82) is 0 Å². The molecular weight excluding hydrogens is 416 g/mol. The molecule has 0 radical (unpaired) electrons. The normalized spacial score (nSPS) is 11.2. The van der Waals surface area contributed by atoms with Gasteiger partial charge in [0.2, 0.25) is 0 Å². The molecule has 0 bridgehead atoms. The molecule has 0 aliphatic heterocycles. The third-order valence-corrected chi connectivity index (χ3v) is 4.99. The summed E-state index contributed by atoms with van der Waals surface area (Å²) in [5.41, 5.74) is 2.68. The lowest BCUT2D eigenvalue weighted by Crippen LogP contribution is -2.20. The van der Waals surface area contributed by atoms with Crippen LogP contribution in [0.15, 0.2) is 82.2 Å². The fourth-order valence-corrected chi connectivity index (χ4v) is 3.21. The molecule has 138 valence electrons. The molecule has 4 rings (SSSR count). The Balaban J connectivity index is 1.66. The summed E-state index contributed by atoms with van der Waals surface area (Å²) in [6.07, 6.45) is 5.77. The molecule has 0 amide bonds. The van der Waals surface area contributed by atoms with Crippen molar-refractivity contribution in [1.82, 2.24) is 9.78 Å². The maximum Gasteiger partial charge on any atom is 0.279 e. The van der Waals surface area contributed by atoms with E-state index in [1.807, 2.05) is 78.9 Å². The van der Waals surface area contributed by atoms with Gasteiger partial charge in [-0.05, 0) is 59.7 Å². The number of aromatic nitrogens is 2. The molecule has 0 aliphatic carbocycles. The number of rotatable bonds is 4. The van der Waals surface area contributed by atoms with Crippen molar-refractivity contribution in [3.8, 4) is 11.4 Å². The van der Waals surface area contributed by atoms with E-state index in [0.717, 1.165) is 32.4 Å². The van der Waals surface area contributed by atoms with Gasteiger partial charge in [0.15, 0.2) is 0 Å². The van der Waals surface area contributed by atoms with Gasteiger partial charge >= 0.3 is 0 Å². The standard InChI is InChI=1S/C23H17BrN2O2/c1-28-21-11-4-16(5-12-21)2-3-17-6-13-22-18(14-17)15-25-26(23(22)27)20-9-7-19(24)8-10-20/h2-15H,1H3/b3-2+. The number of ether oxygens (including phenoxy) is 1. The molecular formula is C23H17BrN2O2. The number of nitrogens with zero attached hydrogens (tertiary/aromatic N) is 2. The summed E-state index contributed by atoms with van der Waals surface area (Å²) in [4.78, 5) is 12.8. The van der Waals surface area contributed by atoms with Crippen LogP contribution in [0.4, 0.5) is 0 Å². The molecule has 0 aliphatic rings. The molecule has 4 nitrogen and oxygen atoms in total. The van der Waals surface area contributed by atoms with Crippen LogP contribution in [0.2, 0.25) is 0 Å². The highest BCUT2D eigenvalue weighted by Gasteiger charge is 2.06. The molecule has 0 atom stereocenters. The summed E-state index contributed by atoms with van der Waals surface area (Å²) >= 11 is 3.40. The van der Waals surface area contributed by atoms with Gasteiger partial charge in [-0.15, -0.1) is 0 Å². The lowest BCUT2D eigenvalue weighted by atomic mass is 10.1. The van der Waals surface area contributed by atoms with E-state index in [9.17, 15) is 4.79 Å². The fourth-order valence-electron chi connectivity index (χ4n) is 2.95. The second-order valence-corrected chi connectivity index (χ2v) is 7.21. The Bertz CT molecular complexity index is 1210. The van der Waals surface area contributed by atoms with Crippen LogP contribution in [0, 0.1) is 0 Å². The van der Waals surface area contributed by atoms with Gasteiger partial charge < -0.3 is 4.74 Å². The Labute approximate surface area is 170 Å². The van der Waals surface area contributed by atoms with Crippen LogP contribution in [-0.4, -0.2) is 16.9 Å². The summed E-state index contributed by atoms with van der Waals surface area (Å²) in [6, 6.07) is 21.1. The summed E-state index contributed by atoms with van der Waals surface area (Å²) in [5, 5.41) is 5.79. The van der Waals surface area contributed by atoms with Crippen LogP contribution in [0.1, 0.15) is 11.1 Å². The van der Waals surface area contributed by atoms with Crippen LogP contribution in [0.25, 0.3) is 28.6 Å². The van der Waals surface area contributed by atoms with Crippen molar-refractivity contribution in [2.24, 2.45) is 0 Å². The van der Waals surface area contributed by atoms with Gasteiger partial charge in [0, 0.05) is 9.86 Å². The molecule has 1 aromatic heterocycles. The summed E-state index contributed by atoms with van der Waals surface area (Å²) < 4.78 is 7.55. The predicted molar refractivity (Wildman–Crippen MR) is 117 cm³/mol. The Morgan fingerprint density at radius 1 is 0.929 bits per heavy atom. The monoisotopic (exact) mass is 432 g/mol. The average molecular weight is 433 g/mol. The number of halogens is 1. The minimum absolute atomic E-state index is 0.134. The maximum absolute atomic E-state index is 12.8. The molecule has 0 saturated heterocycles. The Morgan fingerprint density at radius 3 is 2.32 bits per heavy atom. The quantitative estimate of drug-likeness (QED) is 0.409. The first-order valence-corrected chi connectivity index (χ1v) is 9.53. The van der Waals surface area contributed by atoms with Crippen LogP contribution >= 0.6 is 15.9 Å². The number of hydrogen-bond donors (Lipinski definition) is 0. The van der Waals surface area contributed by atoms with Crippen molar-refractivity contribution in [3.05, 3.63) is 98.9 Å². The Hall–Kier alpha value is -3.18. The van der Waals surface area contributed by atoms with E-state index in [0.29, 0.717) is 5.39 Å². The Kier molecular flexibility index (Phi) is 5.08. The van der Waals surface area contributed by atoms with Gasteiger partial charge in [-0.2, -0.15) is 9.78 Å². The molecule has 0 unspecified atom stereocenters. The minimum atomic E-state index is -0.134. The van der Waals surface area contributed by atoms with Crippen LogP contribution in [-0.2, 0) is 0 Å². The molecule has 0 fully saturated rings. The highest BCUT2D eigenvalue weighted by Crippen LogP contribution is 2.18. The van der Waals surface area contributed by atoms with E-state index in [1.165, 1.54) is 4.68 Å². The third-order valence-electron chi connectivity index (χ3n) is 4.47. The second kappa shape index (κ2) is 7.82. The molecule has 0 spiro atoms. The molecule has 28 heavy (non-hydrogen) atoms. The maximum atomic E-state index is 12.8.